The van der Waals surface area contributed by atoms with Crippen molar-refractivity contribution in [2.75, 3.05) is 39.4 Å². The first kappa shape index (κ1) is 17.6. The van der Waals surface area contributed by atoms with Crippen molar-refractivity contribution < 1.29 is 13.9 Å². The van der Waals surface area contributed by atoms with Crippen molar-refractivity contribution in [1.82, 2.24) is 10.6 Å². The first-order valence-corrected chi connectivity index (χ1v) is 8.95. The molecule has 0 radical (unpaired) electrons. The standard InChI is InChI=1S/C20H26N2O3/c1-3-21-9-11-23-15-5-7-19-17(13-15)18-14-16(6-8-20(18)25-19)24-12-10-22-4-2/h5-8,13-14,21-22H,3-4,9-12H2,1-2H3. The quantitative estimate of drug-likeness (QED) is 0.552. The summed E-state index contributed by atoms with van der Waals surface area (Å²) >= 11 is 0. The molecule has 0 fully saturated rings. The lowest BCUT2D eigenvalue weighted by Gasteiger charge is -2.07. The molecule has 1 heterocycles. The Balaban J connectivity index is 1.77. The highest BCUT2D eigenvalue weighted by atomic mass is 16.5. The first-order chi connectivity index (χ1) is 12.3. The van der Waals surface area contributed by atoms with Gasteiger partial charge in [0.25, 0.3) is 0 Å². The summed E-state index contributed by atoms with van der Waals surface area (Å²) in [7, 11) is 0. The van der Waals surface area contributed by atoms with Gasteiger partial charge in [-0.25, -0.2) is 0 Å². The van der Waals surface area contributed by atoms with Gasteiger partial charge in [0.15, 0.2) is 0 Å². The molecule has 0 aliphatic heterocycles. The second kappa shape index (κ2) is 8.74. The highest BCUT2D eigenvalue weighted by Gasteiger charge is 2.09. The third-order valence-electron chi connectivity index (χ3n) is 4.01. The summed E-state index contributed by atoms with van der Waals surface area (Å²) in [4.78, 5) is 0. The molecule has 0 bridgehead atoms. The molecular formula is C20H26N2O3. The summed E-state index contributed by atoms with van der Waals surface area (Å²) in [5, 5.41) is 8.60. The van der Waals surface area contributed by atoms with Gasteiger partial charge in [-0.1, -0.05) is 13.8 Å². The van der Waals surface area contributed by atoms with E-state index in [-0.39, 0.29) is 0 Å². The minimum Gasteiger partial charge on any atom is -0.492 e. The van der Waals surface area contributed by atoms with E-state index in [9.17, 15) is 0 Å². The van der Waals surface area contributed by atoms with Crippen LogP contribution in [-0.2, 0) is 0 Å². The van der Waals surface area contributed by atoms with Crippen molar-refractivity contribution in [3.05, 3.63) is 36.4 Å². The maximum Gasteiger partial charge on any atom is 0.135 e. The molecule has 0 spiro atoms. The van der Waals surface area contributed by atoms with Crippen LogP contribution in [0.2, 0.25) is 0 Å². The first-order valence-electron chi connectivity index (χ1n) is 8.95. The largest absolute Gasteiger partial charge is 0.492 e. The van der Waals surface area contributed by atoms with Crippen LogP contribution in [-0.4, -0.2) is 39.4 Å². The molecular weight excluding hydrogens is 316 g/mol. The van der Waals surface area contributed by atoms with E-state index in [4.69, 9.17) is 13.9 Å². The Morgan fingerprint density at radius 1 is 0.760 bits per heavy atom. The molecule has 2 N–H and O–H groups in total. The second-order valence-corrected chi connectivity index (χ2v) is 5.82. The summed E-state index contributed by atoms with van der Waals surface area (Å²) < 4.78 is 17.5. The fraction of sp³-hybridized carbons (Fsp3) is 0.400. The number of nitrogens with one attached hydrogen (secondary N) is 2. The fourth-order valence-electron chi connectivity index (χ4n) is 2.75. The van der Waals surface area contributed by atoms with Crippen molar-refractivity contribution in [2.45, 2.75) is 13.8 Å². The molecule has 0 saturated carbocycles. The third kappa shape index (κ3) is 4.44. The molecule has 5 nitrogen and oxygen atoms in total. The Hall–Kier alpha value is -2.24. The normalized spacial score (nSPS) is 11.3. The van der Waals surface area contributed by atoms with Gasteiger partial charge in [0.2, 0.25) is 0 Å². The molecule has 0 unspecified atom stereocenters. The third-order valence-corrected chi connectivity index (χ3v) is 4.01. The molecule has 0 aliphatic rings. The summed E-state index contributed by atoms with van der Waals surface area (Å²) in [6.07, 6.45) is 0. The van der Waals surface area contributed by atoms with E-state index >= 15 is 0 Å². The topological polar surface area (TPSA) is 55.7 Å². The lowest BCUT2D eigenvalue weighted by atomic mass is 10.1. The average molecular weight is 342 g/mol. The summed E-state index contributed by atoms with van der Waals surface area (Å²) in [5.74, 6) is 1.71. The predicted octanol–water partition coefficient (Wildman–Crippen LogP) is 3.56. The van der Waals surface area contributed by atoms with E-state index in [1.165, 1.54) is 0 Å². The molecule has 0 atom stereocenters. The van der Waals surface area contributed by atoms with Crippen molar-refractivity contribution in [3.8, 4) is 11.5 Å². The number of hydrogen-bond donors (Lipinski definition) is 2. The van der Waals surface area contributed by atoms with E-state index in [0.717, 1.165) is 59.6 Å². The smallest absolute Gasteiger partial charge is 0.135 e. The van der Waals surface area contributed by atoms with Crippen molar-refractivity contribution in [3.63, 3.8) is 0 Å². The van der Waals surface area contributed by atoms with Gasteiger partial charge in [-0.2, -0.15) is 0 Å². The van der Waals surface area contributed by atoms with Crippen molar-refractivity contribution in [1.29, 1.82) is 0 Å². The molecule has 25 heavy (non-hydrogen) atoms. The van der Waals surface area contributed by atoms with Crippen molar-refractivity contribution in [2.24, 2.45) is 0 Å². The zero-order valence-electron chi connectivity index (χ0n) is 14.9. The summed E-state index contributed by atoms with van der Waals surface area (Å²) in [5.41, 5.74) is 1.72. The van der Waals surface area contributed by atoms with Gasteiger partial charge in [0.05, 0.1) is 0 Å². The zero-order chi connectivity index (χ0) is 17.5. The summed E-state index contributed by atoms with van der Waals surface area (Å²) in [6.45, 7) is 9.04. The van der Waals surface area contributed by atoms with Crippen LogP contribution >= 0.6 is 0 Å². The number of fused-ring (bicyclic) bond motifs is 3. The Labute approximate surface area is 148 Å². The Bertz CT molecular complexity index is 747. The number of rotatable bonds is 10. The number of furan rings is 1. The molecule has 0 saturated heterocycles. The summed E-state index contributed by atoms with van der Waals surface area (Å²) in [6, 6.07) is 11.9. The van der Waals surface area contributed by atoms with E-state index in [1.807, 2.05) is 36.4 Å². The minimum absolute atomic E-state index is 0.647. The van der Waals surface area contributed by atoms with Gasteiger partial charge in [-0.05, 0) is 49.5 Å². The molecule has 5 heteroatoms. The van der Waals surface area contributed by atoms with Crippen LogP contribution in [0, 0.1) is 0 Å². The van der Waals surface area contributed by atoms with E-state index in [0.29, 0.717) is 13.2 Å². The van der Waals surface area contributed by atoms with Crippen LogP contribution in [0.4, 0.5) is 0 Å². The lowest BCUT2D eigenvalue weighted by Crippen LogP contribution is -2.20. The van der Waals surface area contributed by atoms with E-state index in [1.54, 1.807) is 0 Å². The number of ether oxygens (including phenoxy) is 2. The van der Waals surface area contributed by atoms with E-state index < -0.39 is 0 Å². The number of likely N-dealkylation sites (N-methyl/N-ethyl adjacent to an activating group) is 2. The Kier molecular flexibility index (Phi) is 6.14. The van der Waals surface area contributed by atoms with Crippen LogP contribution in [0.25, 0.3) is 21.9 Å². The maximum atomic E-state index is 5.91. The Morgan fingerprint density at radius 3 is 1.68 bits per heavy atom. The zero-order valence-corrected chi connectivity index (χ0v) is 14.9. The second-order valence-electron chi connectivity index (χ2n) is 5.82. The van der Waals surface area contributed by atoms with Crippen LogP contribution in [0.5, 0.6) is 11.5 Å². The van der Waals surface area contributed by atoms with Crippen molar-refractivity contribution >= 4 is 21.9 Å². The van der Waals surface area contributed by atoms with Gasteiger partial charge < -0.3 is 24.5 Å². The van der Waals surface area contributed by atoms with Gasteiger partial charge in [0, 0.05) is 23.9 Å². The van der Waals surface area contributed by atoms with Crippen LogP contribution in [0.3, 0.4) is 0 Å². The molecule has 134 valence electrons. The SMILES string of the molecule is CCNCCOc1ccc2oc3ccc(OCCNCC)cc3c2c1. The number of hydrogen-bond acceptors (Lipinski definition) is 5. The number of benzene rings is 2. The van der Waals surface area contributed by atoms with E-state index in [2.05, 4.69) is 24.5 Å². The van der Waals surface area contributed by atoms with Gasteiger partial charge in [-0.15, -0.1) is 0 Å². The van der Waals surface area contributed by atoms with Gasteiger partial charge in [0.1, 0.15) is 35.9 Å². The monoisotopic (exact) mass is 342 g/mol. The van der Waals surface area contributed by atoms with Crippen LogP contribution < -0.4 is 20.1 Å². The van der Waals surface area contributed by atoms with Crippen LogP contribution in [0.15, 0.2) is 40.8 Å². The molecule has 0 amide bonds. The average Bonchev–Trinajstić information content (AvgIpc) is 3.00. The van der Waals surface area contributed by atoms with Crippen LogP contribution in [0.1, 0.15) is 13.8 Å². The fourth-order valence-corrected chi connectivity index (χ4v) is 2.75. The highest BCUT2D eigenvalue weighted by molar-refractivity contribution is 6.05. The minimum atomic E-state index is 0.647. The Morgan fingerprint density at radius 2 is 1.24 bits per heavy atom. The predicted molar refractivity (Wildman–Crippen MR) is 102 cm³/mol. The highest BCUT2D eigenvalue weighted by Crippen LogP contribution is 2.33. The molecule has 1 aromatic heterocycles. The molecule has 3 aromatic rings. The van der Waals surface area contributed by atoms with Gasteiger partial charge in [-0.3, -0.25) is 0 Å². The molecule has 0 aliphatic carbocycles. The van der Waals surface area contributed by atoms with Gasteiger partial charge >= 0.3 is 0 Å². The molecule has 2 aromatic carbocycles. The lowest BCUT2D eigenvalue weighted by molar-refractivity contribution is 0.315. The molecule has 3 rings (SSSR count). The maximum absolute atomic E-state index is 5.91.